The maximum Gasteiger partial charge on any atom is 0.242 e. The molecule has 1 heterocycles. The Hall–Kier alpha value is -1.93. The van der Waals surface area contributed by atoms with E-state index in [1.54, 1.807) is 23.1 Å². The Kier molecular flexibility index (Phi) is 8.74. The Bertz CT molecular complexity index is 576. The van der Waals surface area contributed by atoms with Crippen molar-refractivity contribution < 1.29 is 14.3 Å². The van der Waals surface area contributed by atoms with Crippen LogP contribution in [0, 0.1) is 5.92 Å². The topological polar surface area (TPSA) is 88.5 Å². The second-order valence-electron chi connectivity index (χ2n) is 7.39. The molecule has 1 aliphatic rings. The maximum absolute atomic E-state index is 12.5. The van der Waals surface area contributed by atoms with Crippen LogP contribution in [0.25, 0.3) is 0 Å². The van der Waals surface area contributed by atoms with E-state index in [4.69, 9.17) is 4.74 Å². The number of likely N-dealkylation sites (N-methyl/N-ethyl adjacent to an activating group) is 1. The molecule has 8 nitrogen and oxygen atoms in total. The highest BCUT2D eigenvalue weighted by Gasteiger charge is 2.35. The second-order valence-corrected chi connectivity index (χ2v) is 7.39. The Labute approximate surface area is 161 Å². The Morgan fingerprint density at radius 1 is 1.33 bits per heavy atom. The molecule has 0 spiro atoms. The lowest BCUT2D eigenvalue weighted by Gasteiger charge is -2.36. The molecule has 152 valence electrons. The minimum atomic E-state index is -0.134. The molecule has 1 aromatic heterocycles. The van der Waals surface area contributed by atoms with Gasteiger partial charge in [0.05, 0.1) is 12.1 Å². The molecule has 1 aliphatic carbocycles. The summed E-state index contributed by atoms with van der Waals surface area (Å²) >= 11 is 0. The van der Waals surface area contributed by atoms with Crippen molar-refractivity contribution in [2.24, 2.45) is 5.92 Å². The van der Waals surface area contributed by atoms with Gasteiger partial charge in [-0.1, -0.05) is 6.92 Å². The van der Waals surface area contributed by atoms with Gasteiger partial charge in [-0.15, -0.1) is 0 Å². The first-order valence-electron chi connectivity index (χ1n) is 9.80. The number of hydrogen-bond acceptors (Lipinski definition) is 5. The smallest absolute Gasteiger partial charge is 0.242 e. The van der Waals surface area contributed by atoms with Crippen molar-refractivity contribution in [1.82, 2.24) is 25.3 Å². The molecule has 8 heteroatoms. The molecule has 0 aromatic carbocycles. The number of hydrogen-bond donors (Lipinski definition) is 2. The highest BCUT2D eigenvalue weighted by molar-refractivity contribution is 5.79. The monoisotopic (exact) mass is 379 g/mol. The molecule has 0 unspecified atom stereocenters. The van der Waals surface area contributed by atoms with Gasteiger partial charge < -0.3 is 20.3 Å². The fourth-order valence-electron chi connectivity index (χ4n) is 3.33. The van der Waals surface area contributed by atoms with Gasteiger partial charge in [0.15, 0.2) is 0 Å². The molecule has 1 fully saturated rings. The van der Waals surface area contributed by atoms with Crippen molar-refractivity contribution in [2.45, 2.75) is 51.3 Å². The number of rotatable bonds is 10. The van der Waals surface area contributed by atoms with E-state index >= 15 is 0 Å². The summed E-state index contributed by atoms with van der Waals surface area (Å²) in [5.41, 5.74) is 0. The SMILES string of the molecule is CCCO[C@H]1C[C@@H](C(=O)NCCN(C)C)CC[C@@H]1NC(=O)Cn1cccn1. The summed E-state index contributed by atoms with van der Waals surface area (Å²) in [7, 11) is 3.97. The van der Waals surface area contributed by atoms with E-state index in [1.165, 1.54) is 0 Å². The number of ether oxygens (including phenoxy) is 1. The summed E-state index contributed by atoms with van der Waals surface area (Å²) in [4.78, 5) is 26.8. The standard InChI is InChI=1S/C19H33N5O3/c1-4-12-27-17-13-15(19(26)20-9-11-23(2)3)6-7-16(17)22-18(25)14-24-10-5-8-21-24/h5,8,10,15-17H,4,6-7,9,11-14H2,1-3H3,(H,20,26)(H,22,25)/t15-,16-,17-/m0/s1. The highest BCUT2D eigenvalue weighted by Crippen LogP contribution is 2.27. The average Bonchev–Trinajstić information content (AvgIpc) is 3.13. The molecule has 27 heavy (non-hydrogen) atoms. The number of aromatic nitrogens is 2. The fourth-order valence-corrected chi connectivity index (χ4v) is 3.33. The lowest BCUT2D eigenvalue weighted by Crippen LogP contribution is -2.51. The molecule has 0 saturated heterocycles. The molecular formula is C19H33N5O3. The van der Waals surface area contributed by atoms with E-state index in [9.17, 15) is 9.59 Å². The largest absolute Gasteiger partial charge is 0.376 e. The average molecular weight is 380 g/mol. The molecule has 0 aliphatic heterocycles. The number of nitrogens with zero attached hydrogens (tertiary/aromatic N) is 3. The van der Waals surface area contributed by atoms with E-state index in [-0.39, 0.29) is 36.4 Å². The third-order valence-corrected chi connectivity index (χ3v) is 4.77. The van der Waals surface area contributed by atoms with Gasteiger partial charge in [0, 0.05) is 38.0 Å². The van der Waals surface area contributed by atoms with Crippen LogP contribution >= 0.6 is 0 Å². The van der Waals surface area contributed by atoms with Crippen molar-refractivity contribution in [3.05, 3.63) is 18.5 Å². The van der Waals surface area contributed by atoms with Crippen LogP contribution in [-0.4, -0.2) is 72.4 Å². The third-order valence-electron chi connectivity index (χ3n) is 4.77. The molecule has 2 rings (SSSR count). The van der Waals surface area contributed by atoms with Gasteiger partial charge in [0.25, 0.3) is 0 Å². The Morgan fingerprint density at radius 2 is 2.15 bits per heavy atom. The zero-order valence-corrected chi connectivity index (χ0v) is 16.7. The normalized spacial score (nSPS) is 22.6. The van der Waals surface area contributed by atoms with E-state index in [1.807, 2.05) is 19.0 Å². The van der Waals surface area contributed by atoms with E-state index < -0.39 is 0 Å². The first-order chi connectivity index (χ1) is 13.0. The van der Waals surface area contributed by atoms with Crippen LogP contribution in [0.2, 0.25) is 0 Å². The van der Waals surface area contributed by atoms with Crippen LogP contribution in [0.5, 0.6) is 0 Å². The number of carbonyl (C=O) groups excluding carboxylic acids is 2. The van der Waals surface area contributed by atoms with Gasteiger partial charge >= 0.3 is 0 Å². The van der Waals surface area contributed by atoms with Crippen LogP contribution in [-0.2, 0) is 20.9 Å². The fraction of sp³-hybridized carbons (Fsp3) is 0.737. The molecular weight excluding hydrogens is 346 g/mol. The quantitative estimate of drug-likeness (QED) is 0.623. The van der Waals surface area contributed by atoms with E-state index in [0.717, 1.165) is 25.8 Å². The highest BCUT2D eigenvalue weighted by atomic mass is 16.5. The summed E-state index contributed by atoms with van der Waals surface area (Å²) in [6, 6.07) is 1.73. The Morgan fingerprint density at radius 3 is 2.81 bits per heavy atom. The predicted octanol–water partition coefficient (Wildman–Crippen LogP) is 0.641. The number of amides is 2. The van der Waals surface area contributed by atoms with Gasteiger partial charge in [-0.25, -0.2) is 0 Å². The molecule has 1 aromatic rings. The van der Waals surface area contributed by atoms with Crippen LogP contribution in [0.4, 0.5) is 0 Å². The van der Waals surface area contributed by atoms with Crippen molar-refractivity contribution in [2.75, 3.05) is 33.8 Å². The Balaban J connectivity index is 1.86. The van der Waals surface area contributed by atoms with E-state index in [2.05, 4.69) is 22.7 Å². The third kappa shape index (κ3) is 7.30. The first-order valence-corrected chi connectivity index (χ1v) is 9.80. The summed E-state index contributed by atoms with van der Waals surface area (Å²) in [6.45, 7) is 4.34. The number of carbonyl (C=O) groups is 2. The van der Waals surface area contributed by atoms with Gasteiger partial charge in [-0.2, -0.15) is 5.10 Å². The van der Waals surface area contributed by atoms with Crippen LogP contribution in [0.1, 0.15) is 32.6 Å². The molecule has 1 saturated carbocycles. The lowest BCUT2D eigenvalue weighted by atomic mass is 9.83. The summed E-state index contributed by atoms with van der Waals surface area (Å²) in [5.74, 6) is -0.0563. The molecule has 0 radical (unpaired) electrons. The van der Waals surface area contributed by atoms with E-state index in [0.29, 0.717) is 19.6 Å². The van der Waals surface area contributed by atoms with Crippen molar-refractivity contribution in [1.29, 1.82) is 0 Å². The maximum atomic E-state index is 12.5. The van der Waals surface area contributed by atoms with Crippen molar-refractivity contribution in [3.8, 4) is 0 Å². The van der Waals surface area contributed by atoms with Gasteiger partial charge in [0.1, 0.15) is 6.54 Å². The van der Waals surface area contributed by atoms with Gasteiger partial charge in [-0.3, -0.25) is 14.3 Å². The molecule has 2 N–H and O–H groups in total. The minimum absolute atomic E-state index is 0.0618. The zero-order chi connectivity index (χ0) is 19.6. The van der Waals surface area contributed by atoms with Crippen molar-refractivity contribution in [3.63, 3.8) is 0 Å². The van der Waals surface area contributed by atoms with Crippen LogP contribution in [0.3, 0.4) is 0 Å². The molecule has 0 bridgehead atoms. The zero-order valence-electron chi connectivity index (χ0n) is 16.7. The van der Waals surface area contributed by atoms with Crippen LogP contribution in [0.15, 0.2) is 18.5 Å². The molecule has 2 amide bonds. The molecule has 3 atom stereocenters. The van der Waals surface area contributed by atoms with Crippen molar-refractivity contribution >= 4 is 11.8 Å². The minimum Gasteiger partial charge on any atom is -0.376 e. The number of nitrogens with one attached hydrogen (secondary N) is 2. The summed E-state index contributed by atoms with van der Waals surface area (Å²) < 4.78 is 7.58. The first kappa shape index (κ1) is 21.4. The van der Waals surface area contributed by atoms with Gasteiger partial charge in [0.2, 0.25) is 11.8 Å². The lowest BCUT2D eigenvalue weighted by molar-refractivity contribution is -0.129. The summed E-state index contributed by atoms with van der Waals surface area (Å²) in [5, 5.41) is 10.1. The summed E-state index contributed by atoms with van der Waals surface area (Å²) in [6.07, 6.45) is 6.33. The second kappa shape index (κ2) is 11.0. The predicted molar refractivity (Wildman–Crippen MR) is 103 cm³/mol. The van der Waals surface area contributed by atoms with Crippen LogP contribution < -0.4 is 10.6 Å². The van der Waals surface area contributed by atoms with Gasteiger partial charge in [-0.05, 0) is 45.8 Å².